The van der Waals surface area contributed by atoms with Crippen molar-refractivity contribution >= 4 is 11.6 Å². The summed E-state index contributed by atoms with van der Waals surface area (Å²) in [6.07, 6.45) is 7.24. The van der Waals surface area contributed by atoms with E-state index in [1.165, 1.54) is 0 Å². The highest BCUT2D eigenvalue weighted by Crippen LogP contribution is 2.26. The lowest BCUT2D eigenvalue weighted by molar-refractivity contribution is -0.116. The molecular formula is C21H28N4O3. The highest BCUT2D eigenvalue weighted by molar-refractivity contribution is 5.91. The molecule has 1 saturated heterocycles. The number of benzene rings is 1. The molecule has 1 amide bonds. The van der Waals surface area contributed by atoms with Crippen LogP contribution < -0.4 is 14.8 Å². The smallest absolute Gasteiger partial charge is 0.224 e. The van der Waals surface area contributed by atoms with Gasteiger partial charge in [0.25, 0.3) is 0 Å². The van der Waals surface area contributed by atoms with Gasteiger partial charge in [0.05, 0.1) is 20.8 Å². The molecule has 0 saturated carbocycles. The zero-order chi connectivity index (χ0) is 19.8. The van der Waals surface area contributed by atoms with E-state index in [0.29, 0.717) is 29.5 Å². The van der Waals surface area contributed by atoms with Crippen LogP contribution in [0.2, 0.25) is 0 Å². The average Bonchev–Trinajstić information content (AvgIpc) is 2.73. The Labute approximate surface area is 166 Å². The normalized spacial score (nSPS) is 17.1. The van der Waals surface area contributed by atoms with Crippen LogP contribution in [0.5, 0.6) is 11.5 Å². The van der Waals surface area contributed by atoms with Crippen LogP contribution in [0.15, 0.2) is 36.7 Å². The molecule has 1 aromatic heterocycles. The molecule has 3 rings (SSSR count). The Morgan fingerprint density at radius 2 is 1.89 bits per heavy atom. The molecule has 1 aliphatic heterocycles. The quantitative estimate of drug-likeness (QED) is 0.754. The molecule has 1 aromatic carbocycles. The number of likely N-dealkylation sites (tertiary alicyclic amines) is 1. The van der Waals surface area contributed by atoms with Gasteiger partial charge in [-0.2, -0.15) is 0 Å². The fourth-order valence-corrected chi connectivity index (χ4v) is 3.58. The summed E-state index contributed by atoms with van der Waals surface area (Å²) in [7, 11) is 3.19. The van der Waals surface area contributed by atoms with Crippen LogP contribution >= 0.6 is 0 Å². The molecule has 7 heteroatoms. The Bertz CT molecular complexity index is 747. The second-order valence-corrected chi connectivity index (χ2v) is 7.10. The number of nitrogens with zero attached hydrogens (tertiary/aromatic N) is 3. The molecule has 1 atom stereocenters. The van der Waals surface area contributed by atoms with Gasteiger partial charge in [0, 0.05) is 49.2 Å². The van der Waals surface area contributed by atoms with E-state index < -0.39 is 0 Å². The van der Waals surface area contributed by atoms with Crippen molar-refractivity contribution < 1.29 is 14.3 Å². The van der Waals surface area contributed by atoms with E-state index in [4.69, 9.17) is 9.47 Å². The molecular weight excluding hydrogens is 356 g/mol. The lowest BCUT2D eigenvalue weighted by atomic mass is 9.93. The number of carbonyl (C=O) groups excluding carboxylic acids is 1. The van der Waals surface area contributed by atoms with Crippen molar-refractivity contribution in [2.24, 2.45) is 5.92 Å². The van der Waals surface area contributed by atoms with Crippen LogP contribution in [0.1, 0.15) is 31.5 Å². The number of anilines is 1. The zero-order valence-electron chi connectivity index (χ0n) is 16.6. The summed E-state index contributed by atoms with van der Waals surface area (Å²) in [5, 5.41) is 2.95. The van der Waals surface area contributed by atoms with Crippen molar-refractivity contribution in [1.29, 1.82) is 0 Å². The molecule has 1 fully saturated rings. The van der Waals surface area contributed by atoms with Crippen molar-refractivity contribution in [2.75, 3.05) is 32.6 Å². The summed E-state index contributed by atoms with van der Waals surface area (Å²) in [5.41, 5.74) is 0.688. The van der Waals surface area contributed by atoms with Gasteiger partial charge < -0.3 is 14.8 Å². The predicted octanol–water partition coefficient (Wildman–Crippen LogP) is 3.12. The summed E-state index contributed by atoms with van der Waals surface area (Å²) in [6.45, 7) is 2.82. The molecule has 150 valence electrons. The molecule has 1 N–H and O–H groups in total. The Morgan fingerprint density at radius 3 is 2.57 bits per heavy atom. The highest BCUT2D eigenvalue weighted by Gasteiger charge is 2.21. The Hall–Kier alpha value is -2.67. The SMILES string of the molecule is COc1cc(NC(=O)CCC2CCCN(Cc3ncccn3)C2)cc(OC)c1. The lowest BCUT2D eigenvalue weighted by Gasteiger charge is -2.32. The van der Waals surface area contributed by atoms with E-state index >= 15 is 0 Å². The van der Waals surface area contributed by atoms with E-state index in [-0.39, 0.29) is 5.91 Å². The van der Waals surface area contributed by atoms with Crippen LogP contribution in [-0.2, 0) is 11.3 Å². The third-order valence-corrected chi connectivity index (χ3v) is 5.00. The van der Waals surface area contributed by atoms with E-state index in [2.05, 4.69) is 20.2 Å². The average molecular weight is 384 g/mol. The molecule has 1 aliphatic rings. The van der Waals surface area contributed by atoms with Crippen LogP contribution in [-0.4, -0.2) is 48.1 Å². The maximum atomic E-state index is 12.4. The number of ether oxygens (including phenoxy) is 2. The van der Waals surface area contributed by atoms with E-state index in [1.54, 1.807) is 44.8 Å². The van der Waals surface area contributed by atoms with Crippen LogP contribution in [0.25, 0.3) is 0 Å². The van der Waals surface area contributed by atoms with Gasteiger partial charge in [0.2, 0.25) is 5.91 Å². The maximum absolute atomic E-state index is 12.4. The molecule has 2 aromatic rings. The number of hydrogen-bond donors (Lipinski definition) is 1. The molecule has 1 unspecified atom stereocenters. The monoisotopic (exact) mass is 384 g/mol. The molecule has 28 heavy (non-hydrogen) atoms. The van der Waals surface area contributed by atoms with Crippen LogP contribution in [0.3, 0.4) is 0 Å². The number of nitrogens with one attached hydrogen (secondary N) is 1. The molecule has 0 aliphatic carbocycles. The highest BCUT2D eigenvalue weighted by atomic mass is 16.5. The van der Waals surface area contributed by atoms with E-state index in [0.717, 1.165) is 44.7 Å². The topological polar surface area (TPSA) is 76.6 Å². The van der Waals surface area contributed by atoms with E-state index in [9.17, 15) is 4.79 Å². The van der Waals surface area contributed by atoms with Crippen molar-refractivity contribution in [3.8, 4) is 11.5 Å². The van der Waals surface area contributed by atoms with Gasteiger partial charge in [-0.15, -0.1) is 0 Å². The Balaban J connectivity index is 1.47. The minimum absolute atomic E-state index is 0.0128. The summed E-state index contributed by atoms with van der Waals surface area (Å²) in [5.74, 6) is 2.69. The molecule has 0 bridgehead atoms. The van der Waals surface area contributed by atoms with Gasteiger partial charge in [0.15, 0.2) is 0 Å². The number of amides is 1. The fraction of sp³-hybridized carbons (Fsp3) is 0.476. The number of hydrogen-bond acceptors (Lipinski definition) is 6. The first-order valence-electron chi connectivity index (χ1n) is 9.67. The second kappa shape index (κ2) is 10.0. The maximum Gasteiger partial charge on any atom is 0.224 e. The number of aromatic nitrogens is 2. The van der Waals surface area contributed by atoms with Crippen LogP contribution in [0, 0.1) is 5.92 Å². The minimum Gasteiger partial charge on any atom is -0.497 e. The minimum atomic E-state index is 0.0128. The number of rotatable bonds is 8. The lowest BCUT2D eigenvalue weighted by Crippen LogP contribution is -2.35. The largest absolute Gasteiger partial charge is 0.497 e. The van der Waals surface area contributed by atoms with Crippen molar-refractivity contribution in [1.82, 2.24) is 14.9 Å². The summed E-state index contributed by atoms with van der Waals surface area (Å²) in [6, 6.07) is 7.20. The van der Waals surface area contributed by atoms with Gasteiger partial charge in [0.1, 0.15) is 17.3 Å². The summed E-state index contributed by atoms with van der Waals surface area (Å²) in [4.78, 5) is 23.4. The molecule has 7 nitrogen and oxygen atoms in total. The van der Waals surface area contributed by atoms with Gasteiger partial charge in [-0.05, 0) is 37.8 Å². The van der Waals surface area contributed by atoms with Crippen molar-refractivity contribution in [3.63, 3.8) is 0 Å². The number of methoxy groups -OCH3 is 2. The van der Waals surface area contributed by atoms with Gasteiger partial charge in [-0.3, -0.25) is 9.69 Å². The van der Waals surface area contributed by atoms with Crippen LogP contribution in [0.4, 0.5) is 5.69 Å². The first-order valence-corrected chi connectivity index (χ1v) is 9.67. The predicted molar refractivity (Wildman–Crippen MR) is 107 cm³/mol. The summed E-state index contributed by atoms with van der Waals surface area (Å²) < 4.78 is 10.5. The summed E-state index contributed by atoms with van der Waals surface area (Å²) >= 11 is 0. The van der Waals surface area contributed by atoms with Gasteiger partial charge >= 0.3 is 0 Å². The van der Waals surface area contributed by atoms with Gasteiger partial charge in [-0.25, -0.2) is 9.97 Å². The fourth-order valence-electron chi connectivity index (χ4n) is 3.58. The number of piperidine rings is 1. The van der Waals surface area contributed by atoms with Crippen molar-refractivity contribution in [2.45, 2.75) is 32.2 Å². The molecule has 0 radical (unpaired) electrons. The second-order valence-electron chi connectivity index (χ2n) is 7.10. The Kier molecular flexibility index (Phi) is 7.19. The third-order valence-electron chi connectivity index (χ3n) is 5.00. The first-order chi connectivity index (χ1) is 13.7. The van der Waals surface area contributed by atoms with Crippen molar-refractivity contribution in [3.05, 3.63) is 42.5 Å². The van der Waals surface area contributed by atoms with Gasteiger partial charge in [-0.1, -0.05) is 0 Å². The zero-order valence-corrected chi connectivity index (χ0v) is 16.6. The Morgan fingerprint density at radius 1 is 1.18 bits per heavy atom. The number of carbonyl (C=O) groups is 1. The first kappa shape index (κ1) is 20.1. The molecule has 2 heterocycles. The molecule has 0 spiro atoms. The standard InChI is InChI=1S/C21H28N4O3/c1-27-18-11-17(12-19(13-18)28-2)24-21(26)7-6-16-5-3-10-25(14-16)15-20-22-8-4-9-23-20/h4,8-9,11-13,16H,3,5-7,10,14-15H2,1-2H3,(H,24,26). The third kappa shape index (κ3) is 5.92. The van der Waals surface area contributed by atoms with E-state index in [1.807, 2.05) is 6.07 Å².